The maximum Gasteiger partial charge on any atom is 0.243 e. The molecule has 1 amide bonds. The number of nitrogens with one attached hydrogen (secondary N) is 1. The average molecular weight is 409 g/mol. The summed E-state index contributed by atoms with van der Waals surface area (Å²) in [5.74, 6) is -0.801. The van der Waals surface area contributed by atoms with E-state index in [2.05, 4.69) is 5.32 Å². The van der Waals surface area contributed by atoms with Crippen LogP contribution in [0.3, 0.4) is 0 Å². The number of anilines is 1. The van der Waals surface area contributed by atoms with E-state index < -0.39 is 15.8 Å². The molecule has 1 saturated heterocycles. The number of sulfonamides is 1. The van der Waals surface area contributed by atoms with E-state index in [0.29, 0.717) is 12.8 Å². The van der Waals surface area contributed by atoms with Crippen LogP contribution in [0.1, 0.15) is 12.8 Å². The number of amides is 1. The molecule has 0 aliphatic carbocycles. The number of rotatable bonds is 5. The van der Waals surface area contributed by atoms with Crippen molar-refractivity contribution in [3.63, 3.8) is 0 Å². The molecule has 0 radical (unpaired) electrons. The van der Waals surface area contributed by atoms with E-state index in [-0.39, 0.29) is 29.8 Å². The zero-order valence-electron chi connectivity index (χ0n) is 14.9. The van der Waals surface area contributed by atoms with Crippen LogP contribution in [-0.2, 0) is 14.8 Å². The largest absolute Gasteiger partial charge is 0.325 e. The van der Waals surface area contributed by atoms with E-state index in [1.54, 1.807) is 11.8 Å². The van der Waals surface area contributed by atoms with E-state index in [9.17, 15) is 17.6 Å². The Kier molecular flexibility index (Phi) is 6.18. The smallest absolute Gasteiger partial charge is 0.243 e. The van der Waals surface area contributed by atoms with Gasteiger partial charge in [-0.15, -0.1) is 11.8 Å². The lowest BCUT2D eigenvalue weighted by molar-refractivity contribution is -0.120. The van der Waals surface area contributed by atoms with Gasteiger partial charge in [-0.3, -0.25) is 4.79 Å². The average Bonchev–Trinajstić information content (AvgIpc) is 2.69. The van der Waals surface area contributed by atoms with Crippen molar-refractivity contribution < 1.29 is 17.6 Å². The Hall–Kier alpha value is -1.90. The molecule has 0 spiro atoms. The van der Waals surface area contributed by atoms with Crippen molar-refractivity contribution in [2.45, 2.75) is 22.6 Å². The van der Waals surface area contributed by atoms with Gasteiger partial charge in [0.05, 0.1) is 10.6 Å². The van der Waals surface area contributed by atoms with Gasteiger partial charge in [0.25, 0.3) is 0 Å². The topological polar surface area (TPSA) is 66.5 Å². The Labute approximate surface area is 163 Å². The molecule has 2 aromatic rings. The second-order valence-corrected chi connectivity index (χ2v) is 9.11. The van der Waals surface area contributed by atoms with Crippen molar-refractivity contribution >= 4 is 33.4 Å². The number of carbonyl (C=O) groups is 1. The fourth-order valence-corrected chi connectivity index (χ4v) is 5.12. The molecule has 0 unspecified atom stereocenters. The minimum absolute atomic E-state index is 0.0701. The summed E-state index contributed by atoms with van der Waals surface area (Å²) in [4.78, 5) is 13.6. The van der Waals surface area contributed by atoms with E-state index in [1.165, 1.54) is 16.4 Å². The molecule has 1 fully saturated rings. The second-order valence-electron chi connectivity index (χ2n) is 6.32. The maximum atomic E-state index is 13.0. The van der Waals surface area contributed by atoms with Gasteiger partial charge in [0.2, 0.25) is 15.9 Å². The molecular formula is C19H21FN2O3S2. The molecule has 3 rings (SSSR count). The molecule has 0 bridgehead atoms. The first kappa shape index (κ1) is 19.9. The third kappa shape index (κ3) is 4.51. The molecular weight excluding hydrogens is 387 g/mol. The molecule has 1 N–H and O–H groups in total. The monoisotopic (exact) mass is 408 g/mol. The first-order valence-corrected chi connectivity index (χ1v) is 11.3. The van der Waals surface area contributed by atoms with Crippen LogP contribution in [-0.4, -0.2) is 38.0 Å². The number of nitrogens with zero attached hydrogens (tertiary/aromatic N) is 1. The fraction of sp³-hybridized carbons (Fsp3) is 0.316. The van der Waals surface area contributed by atoms with Crippen LogP contribution >= 0.6 is 11.8 Å². The highest BCUT2D eigenvalue weighted by Crippen LogP contribution is 2.28. The first-order valence-electron chi connectivity index (χ1n) is 8.61. The Morgan fingerprint density at radius 2 is 1.74 bits per heavy atom. The van der Waals surface area contributed by atoms with Gasteiger partial charge in [0.1, 0.15) is 5.82 Å². The zero-order chi connectivity index (χ0) is 19.4. The molecule has 0 aromatic heterocycles. The number of thioether (sulfide) groups is 1. The Bertz CT molecular complexity index is 909. The SMILES string of the molecule is CSc1ccccc1NC(=O)C1CCN(S(=O)(=O)c2ccc(F)cc2)CC1. The summed E-state index contributed by atoms with van der Waals surface area (Å²) in [7, 11) is -3.67. The lowest BCUT2D eigenvalue weighted by atomic mass is 9.97. The molecule has 0 saturated carbocycles. The van der Waals surface area contributed by atoms with Gasteiger partial charge in [-0.25, -0.2) is 12.8 Å². The molecule has 1 aliphatic heterocycles. The van der Waals surface area contributed by atoms with Gasteiger partial charge in [-0.1, -0.05) is 12.1 Å². The van der Waals surface area contributed by atoms with Crippen LogP contribution in [0.2, 0.25) is 0 Å². The number of carbonyl (C=O) groups excluding carboxylic acids is 1. The normalized spacial score (nSPS) is 16.2. The van der Waals surface area contributed by atoms with Gasteiger partial charge in [-0.05, 0) is 55.5 Å². The summed E-state index contributed by atoms with van der Waals surface area (Å²) in [5.41, 5.74) is 0.774. The Morgan fingerprint density at radius 3 is 2.37 bits per heavy atom. The Morgan fingerprint density at radius 1 is 1.11 bits per heavy atom. The van der Waals surface area contributed by atoms with Gasteiger partial charge in [0, 0.05) is 23.9 Å². The van der Waals surface area contributed by atoms with E-state index >= 15 is 0 Å². The summed E-state index contributed by atoms with van der Waals surface area (Å²) in [6.45, 7) is 0.532. The van der Waals surface area contributed by atoms with Crippen molar-refractivity contribution in [1.29, 1.82) is 0 Å². The fourth-order valence-electron chi connectivity index (χ4n) is 3.10. The molecule has 0 atom stereocenters. The number of para-hydroxylation sites is 1. The van der Waals surface area contributed by atoms with Crippen LogP contribution in [0.15, 0.2) is 58.3 Å². The standard InChI is InChI=1S/C19H21FN2O3S2/c1-26-18-5-3-2-4-17(18)21-19(23)14-10-12-22(13-11-14)27(24,25)16-8-6-15(20)7-9-16/h2-9,14H,10-13H2,1H3,(H,21,23). The molecule has 27 heavy (non-hydrogen) atoms. The molecule has 1 aliphatic rings. The molecule has 5 nitrogen and oxygen atoms in total. The van der Waals surface area contributed by atoms with Crippen LogP contribution in [0, 0.1) is 11.7 Å². The van der Waals surface area contributed by atoms with E-state index in [4.69, 9.17) is 0 Å². The van der Waals surface area contributed by atoms with Crippen molar-refractivity contribution in [2.24, 2.45) is 5.92 Å². The quantitative estimate of drug-likeness (QED) is 0.768. The summed E-state index contributed by atoms with van der Waals surface area (Å²) in [6, 6.07) is 12.4. The molecule has 2 aromatic carbocycles. The van der Waals surface area contributed by atoms with Crippen LogP contribution in [0.4, 0.5) is 10.1 Å². The summed E-state index contributed by atoms with van der Waals surface area (Å²) in [5, 5.41) is 2.95. The maximum absolute atomic E-state index is 13.0. The number of piperidine rings is 1. The number of hydrogen-bond acceptors (Lipinski definition) is 4. The predicted octanol–water partition coefficient (Wildman–Crippen LogP) is 3.59. The predicted molar refractivity (Wildman–Crippen MR) is 105 cm³/mol. The first-order chi connectivity index (χ1) is 12.9. The van der Waals surface area contributed by atoms with Crippen LogP contribution < -0.4 is 5.32 Å². The minimum Gasteiger partial charge on any atom is -0.325 e. The van der Waals surface area contributed by atoms with Crippen molar-refractivity contribution in [2.75, 3.05) is 24.7 Å². The van der Waals surface area contributed by atoms with Crippen LogP contribution in [0.5, 0.6) is 0 Å². The van der Waals surface area contributed by atoms with Crippen molar-refractivity contribution in [3.05, 3.63) is 54.3 Å². The second kappa shape index (κ2) is 8.41. The third-order valence-electron chi connectivity index (χ3n) is 4.64. The summed E-state index contributed by atoms with van der Waals surface area (Å²) < 4.78 is 39.7. The van der Waals surface area contributed by atoms with E-state index in [1.807, 2.05) is 30.5 Å². The van der Waals surface area contributed by atoms with Crippen LogP contribution in [0.25, 0.3) is 0 Å². The molecule has 8 heteroatoms. The van der Waals surface area contributed by atoms with E-state index in [0.717, 1.165) is 22.7 Å². The van der Waals surface area contributed by atoms with Gasteiger partial charge < -0.3 is 5.32 Å². The Balaban J connectivity index is 1.63. The highest BCUT2D eigenvalue weighted by atomic mass is 32.2. The van der Waals surface area contributed by atoms with Gasteiger partial charge >= 0.3 is 0 Å². The molecule has 1 heterocycles. The van der Waals surface area contributed by atoms with Gasteiger partial charge in [-0.2, -0.15) is 4.31 Å². The number of halogens is 1. The minimum atomic E-state index is -3.67. The van der Waals surface area contributed by atoms with Gasteiger partial charge in [0.15, 0.2) is 0 Å². The highest BCUT2D eigenvalue weighted by molar-refractivity contribution is 7.98. The number of hydrogen-bond donors (Lipinski definition) is 1. The summed E-state index contributed by atoms with van der Waals surface area (Å²) in [6.07, 6.45) is 2.85. The third-order valence-corrected chi connectivity index (χ3v) is 7.35. The molecule has 144 valence electrons. The number of benzene rings is 2. The van der Waals surface area contributed by atoms with Crippen molar-refractivity contribution in [1.82, 2.24) is 4.31 Å². The zero-order valence-corrected chi connectivity index (χ0v) is 16.5. The lowest BCUT2D eigenvalue weighted by Gasteiger charge is -2.30. The van der Waals surface area contributed by atoms with Crippen molar-refractivity contribution in [3.8, 4) is 0 Å². The highest BCUT2D eigenvalue weighted by Gasteiger charge is 2.32. The summed E-state index contributed by atoms with van der Waals surface area (Å²) >= 11 is 1.56. The lowest BCUT2D eigenvalue weighted by Crippen LogP contribution is -2.41.